The summed E-state index contributed by atoms with van der Waals surface area (Å²) in [5, 5.41) is 11.3. The number of aromatic nitrogens is 2. The lowest BCUT2D eigenvalue weighted by Gasteiger charge is -2.32. The number of ether oxygens (including phenoxy) is 1. The van der Waals surface area contributed by atoms with Crippen molar-refractivity contribution in [3.05, 3.63) is 42.1 Å². The second-order valence-electron chi connectivity index (χ2n) is 5.76. The zero-order valence-corrected chi connectivity index (χ0v) is 13.9. The van der Waals surface area contributed by atoms with Crippen LogP contribution in [0.5, 0.6) is 5.75 Å². The second-order valence-corrected chi connectivity index (χ2v) is 5.76. The molecule has 126 valence electrons. The Labute approximate surface area is 141 Å². The van der Waals surface area contributed by atoms with Gasteiger partial charge in [-0.2, -0.15) is 0 Å². The molecule has 2 heterocycles. The van der Waals surface area contributed by atoms with Crippen LogP contribution in [0.25, 0.3) is 0 Å². The molecular formula is C17H21N5O2. The van der Waals surface area contributed by atoms with Gasteiger partial charge in [-0.3, -0.25) is 4.79 Å². The van der Waals surface area contributed by atoms with Crippen LogP contribution >= 0.6 is 0 Å². The average molecular weight is 327 g/mol. The Bertz CT molecular complexity index is 696. The van der Waals surface area contributed by atoms with E-state index in [1.54, 1.807) is 19.2 Å². The van der Waals surface area contributed by atoms with E-state index >= 15 is 0 Å². The number of carbonyl (C=O) groups is 1. The Morgan fingerprint density at radius 3 is 2.58 bits per heavy atom. The number of benzene rings is 1. The zero-order valence-electron chi connectivity index (χ0n) is 13.9. The third-order valence-corrected chi connectivity index (χ3v) is 4.02. The third kappa shape index (κ3) is 3.80. The molecule has 1 aliphatic heterocycles. The number of hydrogen-bond acceptors (Lipinski definition) is 6. The van der Waals surface area contributed by atoms with Gasteiger partial charge in [-0.1, -0.05) is 6.07 Å². The van der Waals surface area contributed by atoms with Crippen LogP contribution in [0.1, 0.15) is 10.5 Å². The van der Waals surface area contributed by atoms with Gasteiger partial charge in [0.1, 0.15) is 5.75 Å². The second kappa shape index (κ2) is 7.27. The summed E-state index contributed by atoms with van der Waals surface area (Å²) in [4.78, 5) is 16.5. The molecule has 0 atom stereocenters. The van der Waals surface area contributed by atoms with Crippen molar-refractivity contribution in [3.8, 4) is 5.75 Å². The normalized spacial score (nSPS) is 15.2. The number of anilines is 2. The van der Waals surface area contributed by atoms with Gasteiger partial charge in [0.05, 0.1) is 7.11 Å². The standard InChI is InChI=1S/C17H21N5O2/c1-21-8-10-22(11-9-21)17(23)15-6-7-16(20-19-15)18-13-4-3-5-14(12-13)24-2/h3-7,12H,8-11H2,1-2H3,(H,18,20). The fourth-order valence-electron chi connectivity index (χ4n) is 2.53. The highest BCUT2D eigenvalue weighted by Gasteiger charge is 2.21. The first-order valence-electron chi connectivity index (χ1n) is 7.88. The van der Waals surface area contributed by atoms with Gasteiger partial charge in [0.25, 0.3) is 5.91 Å². The molecule has 24 heavy (non-hydrogen) atoms. The molecule has 0 spiro atoms. The van der Waals surface area contributed by atoms with Crippen molar-refractivity contribution in [2.24, 2.45) is 0 Å². The Morgan fingerprint density at radius 2 is 1.92 bits per heavy atom. The number of piperazine rings is 1. The summed E-state index contributed by atoms with van der Waals surface area (Å²) in [5.74, 6) is 1.27. The number of likely N-dealkylation sites (N-methyl/N-ethyl adjacent to an activating group) is 1. The van der Waals surface area contributed by atoms with E-state index < -0.39 is 0 Å². The molecule has 1 aliphatic rings. The number of amides is 1. The summed E-state index contributed by atoms with van der Waals surface area (Å²) in [6, 6.07) is 11.0. The molecule has 0 unspecified atom stereocenters. The van der Waals surface area contributed by atoms with E-state index in [1.165, 1.54) is 0 Å². The first kappa shape index (κ1) is 16.2. The zero-order chi connectivity index (χ0) is 16.9. The lowest BCUT2D eigenvalue weighted by atomic mass is 10.2. The number of carbonyl (C=O) groups excluding carboxylic acids is 1. The predicted molar refractivity (Wildman–Crippen MR) is 91.7 cm³/mol. The highest BCUT2D eigenvalue weighted by molar-refractivity contribution is 5.92. The van der Waals surface area contributed by atoms with Gasteiger partial charge >= 0.3 is 0 Å². The third-order valence-electron chi connectivity index (χ3n) is 4.02. The van der Waals surface area contributed by atoms with Crippen molar-refractivity contribution >= 4 is 17.4 Å². The fourth-order valence-corrected chi connectivity index (χ4v) is 2.53. The molecular weight excluding hydrogens is 306 g/mol. The molecule has 0 saturated carbocycles. The van der Waals surface area contributed by atoms with Gasteiger partial charge in [0.15, 0.2) is 11.5 Å². The van der Waals surface area contributed by atoms with Crippen LogP contribution in [0.4, 0.5) is 11.5 Å². The van der Waals surface area contributed by atoms with Crippen molar-refractivity contribution in [1.29, 1.82) is 0 Å². The molecule has 1 fully saturated rings. The van der Waals surface area contributed by atoms with Gasteiger partial charge < -0.3 is 19.9 Å². The average Bonchev–Trinajstić information content (AvgIpc) is 2.62. The minimum atomic E-state index is -0.0662. The minimum Gasteiger partial charge on any atom is -0.497 e. The summed E-state index contributed by atoms with van der Waals surface area (Å²) >= 11 is 0. The highest BCUT2D eigenvalue weighted by Crippen LogP contribution is 2.20. The van der Waals surface area contributed by atoms with Gasteiger partial charge in [-0.15, -0.1) is 10.2 Å². The van der Waals surface area contributed by atoms with Gasteiger partial charge in [-0.05, 0) is 31.3 Å². The monoisotopic (exact) mass is 327 g/mol. The molecule has 0 aliphatic carbocycles. The first-order valence-corrected chi connectivity index (χ1v) is 7.88. The molecule has 1 saturated heterocycles. The molecule has 3 rings (SSSR count). The summed E-state index contributed by atoms with van der Waals surface area (Å²) in [6.45, 7) is 3.21. The number of nitrogens with zero attached hydrogens (tertiary/aromatic N) is 4. The van der Waals surface area contributed by atoms with Crippen LogP contribution in [-0.4, -0.2) is 66.2 Å². The maximum atomic E-state index is 12.4. The van der Waals surface area contributed by atoms with Crippen molar-refractivity contribution in [3.63, 3.8) is 0 Å². The van der Waals surface area contributed by atoms with Crippen LogP contribution in [0.3, 0.4) is 0 Å². The van der Waals surface area contributed by atoms with Crippen LogP contribution < -0.4 is 10.1 Å². The Morgan fingerprint density at radius 1 is 1.12 bits per heavy atom. The quantitative estimate of drug-likeness (QED) is 0.920. The van der Waals surface area contributed by atoms with E-state index in [9.17, 15) is 4.79 Å². The Balaban J connectivity index is 1.65. The van der Waals surface area contributed by atoms with Crippen molar-refractivity contribution in [2.75, 3.05) is 45.7 Å². The smallest absolute Gasteiger partial charge is 0.274 e. The maximum absolute atomic E-state index is 12.4. The van der Waals surface area contributed by atoms with E-state index in [0.29, 0.717) is 11.5 Å². The van der Waals surface area contributed by atoms with Crippen molar-refractivity contribution in [2.45, 2.75) is 0 Å². The van der Waals surface area contributed by atoms with E-state index in [2.05, 4.69) is 27.5 Å². The Hall–Kier alpha value is -2.67. The molecule has 1 aromatic heterocycles. The summed E-state index contributed by atoms with van der Waals surface area (Å²) < 4.78 is 5.19. The van der Waals surface area contributed by atoms with Crippen LogP contribution in [-0.2, 0) is 0 Å². The highest BCUT2D eigenvalue weighted by atomic mass is 16.5. The van der Waals surface area contributed by atoms with Gasteiger partial charge in [0.2, 0.25) is 0 Å². The molecule has 1 N–H and O–H groups in total. The van der Waals surface area contributed by atoms with Gasteiger partial charge in [0, 0.05) is 37.9 Å². The van der Waals surface area contributed by atoms with Crippen molar-refractivity contribution < 1.29 is 9.53 Å². The van der Waals surface area contributed by atoms with Crippen LogP contribution in [0.2, 0.25) is 0 Å². The molecule has 0 bridgehead atoms. The minimum absolute atomic E-state index is 0.0662. The number of hydrogen-bond donors (Lipinski definition) is 1. The first-order chi connectivity index (χ1) is 11.7. The molecule has 0 radical (unpaired) electrons. The molecule has 1 amide bonds. The maximum Gasteiger partial charge on any atom is 0.274 e. The number of methoxy groups -OCH3 is 1. The van der Waals surface area contributed by atoms with E-state index in [-0.39, 0.29) is 5.91 Å². The van der Waals surface area contributed by atoms with Gasteiger partial charge in [-0.25, -0.2) is 0 Å². The summed E-state index contributed by atoms with van der Waals surface area (Å²) in [7, 11) is 3.68. The van der Waals surface area contributed by atoms with E-state index in [1.807, 2.05) is 29.2 Å². The van der Waals surface area contributed by atoms with Crippen LogP contribution in [0, 0.1) is 0 Å². The van der Waals surface area contributed by atoms with Crippen molar-refractivity contribution in [1.82, 2.24) is 20.0 Å². The van der Waals surface area contributed by atoms with E-state index in [4.69, 9.17) is 4.74 Å². The molecule has 2 aromatic rings. The lowest BCUT2D eigenvalue weighted by molar-refractivity contribution is 0.0657. The predicted octanol–water partition coefficient (Wildman–Crippen LogP) is 1.62. The summed E-state index contributed by atoms with van der Waals surface area (Å²) in [5.41, 5.74) is 1.22. The topological polar surface area (TPSA) is 70.6 Å². The largest absolute Gasteiger partial charge is 0.497 e. The summed E-state index contributed by atoms with van der Waals surface area (Å²) in [6.07, 6.45) is 0. The fraction of sp³-hybridized carbons (Fsp3) is 0.353. The lowest BCUT2D eigenvalue weighted by Crippen LogP contribution is -2.47. The molecule has 1 aromatic carbocycles. The SMILES string of the molecule is COc1cccc(Nc2ccc(C(=O)N3CCN(C)CC3)nn2)c1. The van der Waals surface area contributed by atoms with E-state index in [0.717, 1.165) is 37.6 Å². The number of nitrogens with one attached hydrogen (secondary N) is 1. The molecule has 7 heteroatoms. The Kier molecular flexibility index (Phi) is 4.90. The number of rotatable bonds is 4. The molecule has 7 nitrogen and oxygen atoms in total. The van der Waals surface area contributed by atoms with Crippen LogP contribution in [0.15, 0.2) is 36.4 Å².